The summed E-state index contributed by atoms with van der Waals surface area (Å²) in [6, 6.07) is 0. The van der Waals surface area contributed by atoms with Crippen LogP contribution in [0.5, 0.6) is 0 Å². The van der Waals surface area contributed by atoms with Crippen LogP contribution >= 0.6 is 0 Å². The number of carbonyl (C=O) groups excluding carboxylic acids is 1. The monoisotopic (exact) mass is 272 g/mol. The average Bonchev–Trinajstić information content (AvgIpc) is 2.41. The van der Waals surface area contributed by atoms with Crippen molar-refractivity contribution in [2.75, 3.05) is 0 Å². The van der Waals surface area contributed by atoms with Crippen molar-refractivity contribution >= 4 is 5.97 Å². The minimum Gasteiger partial charge on any atom is -0.430 e. The molecule has 0 spiro atoms. The zero-order valence-electron chi connectivity index (χ0n) is 12.0. The second-order valence-electron chi connectivity index (χ2n) is 4.86. The fourth-order valence-electron chi connectivity index (χ4n) is 1.88. The molecule has 2 N–H and O–H groups in total. The van der Waals surface area contributed by atoms with Crippen molar-refractivity contribution in [3.63, 3.8) is 0 Å². The van der Waals surface area contributed by atoms with Gasteiger partial charge in [0.05, 0.1) is 0 Å². The van der Waals surface area contributed by atoms with Crippen molar-refractivity contribution in [3.05, 3.63) is 12.7 Å². The van der Waals surface area contributed by atoms with E-state index in [0.717, 1.165) is 25.3 Å². The Kier molecular flexibility index (Phi) is 11.6. The Labute approximate surface area is 116 Å². The first-order valence-electron chi connectivity index (χ1n) is 7.31. The van der Waals surface area contributed by atoms with Gasteiger partial charge in [-0.2, -0.15) is 0 Å². The molecule has 2 atom stereocenters. The third kappa shape index (κ3) is 10.7. The summed E-state index contributed by atoms with van der Waals surface area (Å²) in [7, 11) is 0. The number of hydrogen-bond donors (Lipinski definition) is 2. The lowest BCUT2D eigenvalue weighted by Crippen LogP contribution is -2.30. The van der Waals surface area contributed by atoms with Crippen LogP contribution in [-0.2, 0) is 9.53 Å². The first-order chi connectivity index (χ1) is 9.11. The molecule has 112 valence electrons. The van der Waals surface area contributed by atoms with E-state index in [4.69, 9.17) is 0 Å². The van der Waals surface area contributed by atoms with E-state index in [0.29, 0.717) is 6.42 Å². The quantitative estimate of drug-likeness (QED) is 0.248. The molecule has 4 heteroatoms. The van der Waals surface area contributed by atoms with E-state index in [1.807, 2.05) is 0 Å². The van der Waals surface area contributed by atoms with Crippen LogP contribution in [0.1, 0.15) is 64.7 Å². The summed E-state index contributed by atoms with van der Waals surface area (Å²) in [6.07, 6.45) is 8.33. The van der Waals surface area contributed by atoms with Crippen molar-refractivity contribution in [3.8, 4) is 0 Å². The van der Waals surface area contributed by atoms with Crippen LogP contribution in [0.25, 0.3) is 0 Å². The maximum atomic E-state index is 10.8. The lowest BCUT2D eigenvalue weighted by Gasteiger charge is -2.17. The molecule has 0 heterocycles. The molecule has 4 nitrogen and oxygen atoms in total. The molecule has 0 amide bonds. The largest absolute Gasteiger partial charge is 0.430 e. The number of esters is 1. The number of rotatable bonds is 12. The average molecular weight is 272 g/mol. The van der Waals surface area contributed by atoms with E-state index in [9.17, 15) is 15.0 Å². The summed E-state index contributed by atoms with van der Waals surface area (Å²) in [5.41, 5.74) is 0. The molecule has 0 bridgehead atoms. The van der Waals surface area contributed by atoms with Gasteiger partial charge in [-0.25, -0.2) is 4.79 Å². The number of hydrogen-bond acceptors (Lipinski definition) is 4. The topological polar surface area (TPSA) is 66.8 Å². The minimum absolute atomic E-state index is 0.445. The van der Waals surface area contributed by atoms with E-state index in [-0.39, 0.29) is 0 Å². The highest BCUT2D eigenvalue weighted by Gasteiger charge is 2.18. The standard InChI is InChI=1S/C15H28O4/c1-3-5-6-7-8-9-10-11-12-13(16)15(18)19-14(17)4-2/h4,13,15-16,18H,2-3,5-12H2,1H3. The highest BCUT2D eigenvalue weighted by atomic mass is 16.6. The van der Waals surface area contributed by atoms with Crippen molar-refractivity contribution in [1.82, 2.24) is 0 Å². The van der Waals surface area contributed by atoms with Crippen LogP contribution < -0.4 is 0 Å². The van der Waals surface area contributed by atoms with Gasteiger partial charge in [0.15, 0.2) is 0 Å². The number of aliphatic hydroxyl groups excluding tert-OH is 2. The van der Waals surface area contributed by atoms with Crippen molar-refractivity contribution < 1.29 is 19.7 Å². The predicted octanol–water partition coefficient (Wildman–Crippen LogP) is 2.93. The molecule has 0 rings (SSSR count). The van der Waals surface area contributed by atoms with Gasteiger partial charge in [0.2, 0.25) is 6.29 Å². The number of aliphatic hydroxyl groups is 2. The molecule has 0 aliphatic heterocycles. The maximum absolute atomic E-state index is 10.8. The molecule has 0 saturated carbocycles. The zero-order chi connectivity index (χ0) is 14.5. The van der Waals surface area contributed by atoms with E-state index in [2.05, 4.69) is 18.2 Å². The van der Waals surface area contributed by atoms with Crippen LogP contribution in [0.15, 0.2) is 12.7 Å². The van der Waals surface area contributed by atoms with E-state index >= 15 is 0 Å². The van der Waals surface area contributed by atoms with Crippen LogP contribution in [-0.4, -0.2) is 28.6 Å². The second kappa shape index (κ2) is 12.2. The Morgan fingerprint density at radius 1 is 1.11 bits per heavy atom. The van der Waals surface area contributed by atoms with Gasteiger partial charge in [-0.1, -0.05) is 64.9 Å². The lowest BCUT2D eigenvalue weighted by molar-refractivity contribution is -0.181. The predicted molar refractivity (Wildman–Crippen MR) is 75.5 cm³/mol. The number of carbonyl (C=O) groups is 1. The van der Waals surface area contributed by atoms with Gasteiger partial charge in [0, 0.05) is 6.08 Å². The molecule has 19 heavy (non-hydrogen) atoms. The van der Waals surface area contributed by atoms with Gasteiger partial charge < -0.3 is 14.9 Å². The number of unbranched alkanes of at least 4 members (excludes halogenated alkanes) is 7. The van der Waals surface area contributed by atoms with Gasteiger partial charge >= 0.3 is 5.97 Å². The maximum Gasteiger partial charge on any atom is 0.332 e. The second-order valence-corrected chi connectivity index (χ2v) is 4.86. The molecule has 0 aliphatic rings. The molecule has 0 aliphatic carbocycles. The zero-order valence-corrected chi connectivity index (χ0v) is 12.0. The Hall–Kier alpha value is -0.870. The summed E-state index contributed by atoms with van der Waals surface area (Å²) < 4.78 is 4.53. The number of ether oxygens (including phenoxy) is 1. The molecule has 0 aromatic heterocycles. The third-order valence-electron chi connectivity index (χ3n) is 3.09. The SMILES string of the molecule is C=CC(=O)OC(O)C(O)CCCCCCCCCC. The molecule has 0 aromatic rings. The normalized spacial score (nSPS) is 13.8. The van der Waals surface area contributed by atoms with Gasteiger partial charge in [-0.3, -0.25) is 0 Å². The van der Waals surface area contributed by atoms with Crippen LogP contribution in [0, 0.1) is 0 Å². The van der Waals surface area contributed by atoms with Gasteiger partial charge in [-0.15, -0.1) is 0 Å². The third-order valence-corrected chi connectivity index (χ3v) is 3.09. The van der Waals surface area contributed by atoms with Crippen LogP contribution in [0.4, 0.5) is 0 Å². The summed E-state index contributed by atoms with van der Waals surface area (Å²) in [5, 5.41) is 19.0. The first-order valence-corrected chi connectivity index (χ1v) is 7.31. The smallest absolute Gasteiger partial charge is 0.332 e. The Balaban J connectivity index is 3.44. The highest BCUT2D eigenvalue weighted by molar-refractivity contribution is 5.81. The molecule has 0 radical (unpaired) electrons. The van der Waals surface area contributed by atoms with Crippen LogP contribution in [0.2, 0.25) is 0 Å². The molecular formula is C15H28O4. The molecular weight excluding hydrogens is 244 g/mol. The van der Waals surface area contributed by atoms with Crippen molar-refractivity contribution in [2.24, 2.45) is 0 Å². The van der Waals surface area contributed by atoms with Gasteiger partial charge in [0.25, 0.3) is 0 Å². The Morgan fingerprint density at radius 3 is 2.16 bits per heavy atom. The summed E-state index contributed by atoms with van der Waals surface area (Å²) in [4.78, 5) is 10.8. The fraction of sp³-hybridized carbons (Fsp3) is 0.800. The molecule has 0 saturated heterocycles. The van der Waals surface area contributed by atoms with E-state index in [1.165, 1.54) is 32.1 Å². The van der Waals surface area contributed by atoms with Crippen molar-refractivity contribution in [1.29, 1.82) is 0 Å². The summed E-state index contributed by atoms with van der Waals surface area (Å²) >= 11 is 0. The lowest BCUT2D eigenvalue weighted by atomic mass is 10.1. The minimum atomic E-state index is -1.45. The molecule has 0 fully saturated rings. The summed E-state index contributed by atoms with van der Waals surface area (Å²) in [6.45, 7) is 5.42. The first kappa shape index (κ1) is 18.1. The van der Waals surface area contributed by atoms with E-state index < -0.39 is 18.4 Å². The van der Waals surface area contributed by atoms with Crippen LogP contribution in [0.3, 0.4) is 0 Å². The van der Waals surface area contributed by atoms with E-state index in [1.54, 1.807) is 0 Å². The summed E-state index contributed by atoms with van der Waals surface area (Å²) in [5.74, 6) is -0.720. The molecule has 0 aromatic carbocycles. The van der Waals surface area contributed by atoms with Gasteiger partial charge in [-0.05, 0) is 6.42 Å². The molecule has 2 unspecified atom stereocenters. The van der Waals surface area contributed by atoms with Gasteiger partial charge in [0.1, 0.15) is 6.10 Å². The Morgan fingerprint density at radius 2 is 1.63 bits per heavy atom. The Bertz CT molecular complexity index is 240. The fourth-order valence-corrected chi connectivity index (χ4v) is 1.88. The van der Waals surface area contributed by atoms with Crippen molar-refractivity contribution in [2.45, 2.75) is 77.1 Å². The highest BCUT2D eigenvalue weighted by Crippen LogP contribution is 2.12.